The Morgan fingerprint density at radius 3 is 2.17 bits per heavy atom. The van der Waals surface area contributed by atoms with Crippen molar-refractivity contribution in [3.05, 3.63) is 82.6 Å². The van der Waals surface area contributed by atoms with E-state index in [0.29, 0.717) is 23.4 Å². The van der Waals surface area contributed by atoms with Gasteiger partial charge in [-0.2, -0.15) is 0 Å². The third-order valence-corrected chi connectivity index (χ3v) is 5.15. The standard InChI is InChI=1S/C23H23NO5/c1-15-21(23(27)29-3)19(17-7-5-4-6-8-17)13-20(25)24(15)14-16-9-11-18(12-10-16)22(26)28-2/h4-12,19H,13-14H2,1-3H3. The van der Waals surface area contributed by atoms with Crippen molar-refractivity contribution in [3.8, 4) is 0 Å². The highest BCUT2D eigenvalue weighted by Gasteiger charge is 2.36. The van der Waals surface area contributed by atoms with E-state index in [-0.39, 0.29) is 18.2 Å². The number of hydrogen-bond donors (Lipinski definition) is 0. The SMILES string of the molecule is COC(=O)C1=C(C)N(Cc2ccc(C(=O)OC)cc2)C(=O)CC1c1ccccc1. The lowest BCUT2D eigenvalue weighted by Gasteiger charge is -2.34. The maximum atomic E-state index is 12.9. The Hall–Kier alpha value is -3.41. The molecule has 6 nitrogen and oxygen atoms in total. The zero-order valence-corrected chi connectivity index (χ0v) is 16.7. The number of methoxy groups -OCH3 is 2. The molecule has 0 spiro atoms. The molecule has 0 bridgehead atoms. The number of esters is 2. The van der Waals surface area contributed by atoms with E-state index >= 15 is 0 Å². The molecule has 1 aliphatic rings. The van der Waals surface area contributed by atoms with Gasteiger partial charge in [-0.25, -0.2) is 9.59 Å². The monoisotopic (exact) mass is 393 g/mol. The molecule has 0 N–H and O–H groups in total. The number of allylic oxidation sites excluding steroid dienone is 1. The van der Waals surface area contributed by atoms with Gasteiger partial charge in [0.25, 0.3) is 0 Å². The summed E-state index contributed by atoms with van der Waals surface area (Å²) in [6, 6.07) is 16.4. The molecule has 0 fully saturated rings. The molecular formula is C23H23NO5. The second-order valence-corrected chi connectivity index (χ2v) is 6.83. The summed E-state index contributed by atoms with van der Waals surface area (Å²) in [6.45, 7) is 2.07. The normalized spacial score (nSPS) is 16.6. The summed E-state index contributed by atoms with van der Waals surface area (Å²) in [7, 11) is 2.67. The molecule has 29 heavy (non-hydrogen) atoms. The van der Waals surface area contributed by atoms with E-state index in [0.717, 1.165) is 11.1 Å². The molecule has 150 valence electrons. The van der Waals surface area contributed by atoms with Crippen molar-refractivity contribution in [2.45, 2.75) is 25.8 Å². The van der Waals surface area contributed by atoms with E-state index in [1.807, 2.05) is 30.3 Å². The minimum atomic E-state index is -0.435. The maximum Gasteiger partial charge on any atom is 0.337 e. The van der Waals surface area contributed by atoms with Crippen molar-refractivity contribution in [2.24, 2.45) is 0 Å². The smallest absolute Gasteiger partial charge is 0.337 e. The molecule has 2 aromatic rings. The first-order chi connectivity index (χ1) is 14.0. The summed E-state index contributed by atoms with van der Waals surface area (Å²) in [5, 5.41) is 0. The molecule has 1 atom stereocenters. The fraction of sp³-hybridized carbons (Fsp3) is 0.261. The van der Waals surface area contributed by atoms with Crippen LogP contribution >= 0.6 is 0 Å². The number of benzene rings is 2. The van der Waals surface area contributed by atoms with Crippen LogP contribution in [0.1, 0.15) is 40.7 Å². The van der Waals surface area contributed by atoms with Gasteiger partial charge in [-0.05, 0) is 30.2 Å². The first kappa shape index (κ1) is 20.3. The number of carbonyl (C=O) groups excluding carboxylic acids is 3. The summed E-state index contributed by atoms with van der Waals surface area (Å²) in [5.74, 6) is -1.26. The van der Waals surface area contributed by atoms with Crippen molar-refractivity contribution in [1.82, 2.24) is 4.90 Å². The number of carbonyl (C=O) groups is 3. The first-order valence-electron chi connectivity index (χ1n) is 9.28. The lowest BCUT2D eigenvalue weighted by atomic mass is 9.83. The predicted octanol–water partition coefficient (Wildman–Crippen LogP) is 3.44. The summed E-state index contributed by atoms with van der Waals surface area (Å²) >= 11 is 0. The van der Waals surface area contributed by atoms with Crippen molar-refractivity contribution in [2.75, 3.05) is 14.2 Å². The van der Waals surface area contributed by atoms with Crippen molar-refractivity contribution >= 4 is 17.8 Å². The minimum Gasteiger partial charge on any atom is -0.466 e. The maximum absolute atomic E-state index is 12.9. The molecule has 0 saturated carbocycles. The fourth-order valence-corrected chi connectivity index (χ4v) is 3.59. The third kappa shape index (κ3) is 4.21. The first-order valence-corrected chi connectivity index (χ1v) is 9.28. The van der Waals surface area contributed by atoms with Gasteiger partial charge in [-0.1, -0.05) is 42.5 Å². The van der Waals surface area contributed by atoms with Crippen LogP contribution < -0.4 is 0 Å². The molecule has 1 aliphatic heterocycles. The van der Waals surface area contributed by atoms with Crippen LogP contribution in [0.2, 0.25) is 0 Å². The van der Waals surface area contributed by atoms with Gasteiger partial charge in [0.05, 0.1) is 31.9 Å². The lowest BCUT2D eigenvalue weighted by Crippen LogP contribution is -2.37. The Balaban J connectivity index is 1.94. The molecule has 0 aliphatic carbocycles. The van der Waals surface area contributed by atoms with Gasteiger partial charge < -0.3 is 14.4 Å². The quantitative estimate of drug-likeness (QED) is 0.728. The second-order valence-electron chi connectivity index (χ2n) is 6.83. The van der Waals surface area contributed by atoms with Crippen LogP contribution in [0.4, 0.5) is 0 Å². The van der Waals surface area contributed by atoms with Crippen LogP contribution in [0.25, 0.3) is 0 Å². The fourth-order valence-electron chi connectivity index (χ4n) is 3.59. The van der Waals surface area contributed by atoms with Crippen LogP contribution in [-0.2, 0) is 25.6 Å². The van der Waals surface area contributed by atoms with E-state index in [1.165, 1.54) is 14.2 Å². The Kier molecular flexibility index (Phi) is 6.12. The largest absolute Gasteiger partial charge is 0.466 e. The molecule has 1 heterocycles. The van der Waals surface area contributed by atoms with Crippen LogP contribution in [0.5, 0.6) is 0 Å². The van der Waals surface area contributed by atoms with E-state index < -0.39 is 11.9 Å². The highest BCUT2D eigenvalue weighted by Crippen LogP contribution is 2.37. The molecule has 0 aromatic heterocycles. The van der Waals surface area contributed by atoms with Crippen molar-refractivity contribution < 1.29 is 23.9 Å². The van der Waals surface area contributed by atoms with Crippen LogP contribution in [0, 0.1) is 0 Å². The highest BCUT2D eigenvalue weighted by molar-refractivity contribution is 5.95. The van der Waals surface area contributed by atoms with Crippen molar-refractivity contribution in [1.29, 1.82) is 0 Å². The zero-order valence-electron chi connectivity index (χ0n) is 16.7. The number of rotatable bonds is 5. The predicted molar refractivity (Wildman–Crippen MR) is 107 cm³/mol. The molecule has 3 rings (SSSR count). The van der Waals surface area contributed by atoms with Gasteiger partial charge in [0.2, 0.25) is 5.91 Å². The van der Waals surface area contributed by atoms with E-state index in [4.69, 9.17) is 9.47 Å². The summed E-state index contributed by atoms with van der Waals surface area (Å²) in [4.78, 5) is 38.7. The average Bonchev–Trinajstić information content (AvgIpc) is 2.76. The van der Waals surface area contributed by atoms with Crippen LogP contribution in [0.15, 0.2) is 65.9 Å². The van der Waals surface area contributed by atoms with Crippen LogP contribution in [-0.4, -0.2) is 37.0 Å². The number of nitrogens with zero attached hydrogens (tertiary/aromatic N) is 1. The topological polar surface area (TPSA) is 72.9 Å². The molecule has 2 aromatic carbocycles. The van der Waals surface area contributed by atoms with E-state index in [9.17, 15) is 14.4 Å². The van der Waals surface area contributed by atoms with Gasteiger partial charge in [0.15, 0.2) is 0 Å². The van der Waals surface area contributed by atoms with Gasteiger partial charge in [-0.3, -0.25) is 4.79 Å². The van der Waals surface area contributed by atoms with Crippen LogP contribution in [0.3, 0.4) is 0 Å². The molecule has 1 amide bonds. The second kappa shape index (κ2) is 8.73. The van der Waals surface area contributed by atoms with Crippen molar-refractivity contribution in [3.63, 3.8) is 0 Å². The van der Waals surface area contributed by atoms with E-state index in [2.05, 4.69) is 0 Å². The molecule has 6 heteroatoms. The number of amides is 1. The summed E-state index contributed by atoms with van der Waals surface area (Å²) < 4.78 is 9.72. The zero-order chi connectivity index (χ0) is 21.0. The van der Waals surface area contributed by atoms with Gasteiger partial charge >= 0.3 is 11.9 Å². The Labute approximate surface area is 169 Å². The Morgan fingerprint density at radius 2 is 1.59 bits per heavy atom. The third-order valence-electron chi connectivity index (χ3n) is 5.15. The molecule has 0 radical (unpaired) electrons. The molecular weight excluding hydrogens is 370 g/mol. The molecule has 0 saturated heterocycles. The van der Waals surface area contributed by atoms with Gasteiger partial charge in [0.1, 0.15) is 0 Å². The molecule has 1 unspecified atom stereocenters. The number of ether oxygens (including phenoxy) is 2. The van der Waals surface area contributed by atoms with Gasteiger partial charge in [0, 0.05) is 18.0 Å². The summed E-state index contributed by atoms with van der Waals surface area (Å²) in [5.41, 5.74) is 3.26. The highest BCUT2D eigenvalue weighted by atomic mass is 16.5. The average molecular weight is 393 g/mol. The lowest BCUT2D eigenvalue weighted by molar-refractivity contribution is -0.138. The number of hydrogen-bond acceptors (Lipinski definition) is 5. The van der Waals surface area contributed by atoms with E-state index in [1.54, 1.807) is 36.1 Å². The summed E-state index contributed by atoms with van der Waals surface area (Å²) in [6.07, 6.45) is 0.187. The minimum absolute atomic E-state index is 0.0685. The Morgan fingerprint density at radius 1 is 0.966 bits per heavy atom. The Bertz CT molecular complexity index is 947. The van der Waals surface area contributed by atoms with Gasteiger partial charge in [-0.15, -0.1) is 0 Å².